The van der Waals surface area contributed by atoms with Gasteiger partial charge in [0.15, 0.2) is 0 Å². The van der Waals surface area contributed by atoms with Gasteiger partial charge >= 0.3 is 7.82 Å². The molecule has 0 radical (unpaired) electrons. The predicted octanol–water partition coefficient (Wildman–Crippen LogP) is 18.9. The van der Waals surface area contributed by atoms with Crippen molar-refractivity contribution in [2.24, 2.45) is 0 Å². The lowest BCUT2D eigenvalue weighted by Crippen LogP contribution is -2.45. The van der Waals surface area contributed by atoms with E-state index in [2.05, 4.69) is 43.5 Å². The summed E-state index contributed by atoms with van der Waals surface area (Å²) in [6.45, 7) is 4.84. The number of aliphatic hydroxyl groups is 1. The molecule has 9 heteroatoms. The fourth-order valence-corrected chi connectivity index (χ4v) is 9.97. The highest BCUT2D eigenvalue weighted by atomic mass is 31.2. The standard InChI is InChI=1S/C62H121N2O6P/c1-6-8-10-12-14-16-18-20-22-24-26-28-30-31-32-34-36-38-40-42-44-46-48-50-52-54-56-62(66)63-60(59-70-71(67,68)69-58-57-64(3,4)5)61(65)55-53-51-49-47-45-43-41-39-37-35-33-29-27-25-23-21-19-17-15-13-11-9-7-2/h31-32,45,47,53,55,60-61,65H,6-30,33-44,46,48-52,54,56-59H2,1-5H3,(H-,63,66,67,68)/p+1/b32-31-,47-45+,55-53+. The molecule has 0 aliphatic carbocycles. The van der Waals surface area contributed by atoms with Crippen molar-refractivity contribution in [3.63, 3.8) is 0 Å². The van der Waals surface area contributed by atoms with Crippen LogP contribution in [-0.2, 0) is 18.4 Å². The molecule has 8 nitrogen and oxygen atoms in total. The predicted molar refractivity (Wildman–Crippen MR) is 309 cm³/mol. The zero-order valence-electron chi connectivity index (χ0n) is 48.0. The molecule has 0 aromatic heterocycles. The number of quaternary nitrogens is 1. The molecule has 0 rings (SSSR count). The Kier molecular flexibility index (Phi) is 52.6. The highest BCUT2D eigenvalue weighted by Gasteiger charge is 2.27. The Labute approximate surface area is 442 Å². The number of unbranched alkanes of at least 4 members (excludes halogenated alkanes) is 40. The first-order valence-corrected chi connectivity index (χ1v) is 32.4. The summed E-state index contributed by atoms with van der Waals surface area (Å²) < 4.78 is 23.7. The topological polar surface area (TPSA) is 105 Å². The summed E-state index contributed by atoms with van der Waals surface area (Å²) in [7, 11) is 1.56. The summed E-state index contributed by atoms with van der Waals surface area (Å²) >= 11 is 0. The molecule has 3 N–H and O–H groups in total. The van der Waals surface area contributed by atoms with Gasteiger partial charge in [0.25, 0.3) is 0 Å². The van der Waals surface area contributed by atoms with Gasteiger partial charge in [-0.05, 0) is 57.8 Å². The first-order valence-electron chi connectivity index (χ1n) is 30.9. The molecule has 3 unspecified atom stereocenters. The van der Waals surface area contributed by atoms with Gasteiger partial charge in [0.2, 0.25) is 5.91 Å². The lowest BCUT2D eigenvalue weighted by Gasteiger charge is -2.25. The average Bonchev–Trinajstić information content (AvgIpc) is 3.33. The van der Waals surface area contributed by atoms with Crippen LogP contribution in [0.25, 0.3) is 0 Å². The van der Waals surface area contributed by atoms with Gasteiger partial charge in [0, 0.05) is 6.42 Å². The SMILES string of the molecule is CCCCCCCCCCCCCC/C=C\CCCCCCCCCCCCC(=O)NC(COP(=O)(O)OCC[N+](C)(C)C)C(O)/C=C/CC/C=C/CCCCCCCCCCCCCCCCCCC. The first-order chi connectivity index (χ1) is 34.5. The van der Waals surface area contributed by atoms with Crippen LogP contribution in [0.3, 0.4) is 0 Å². The van der Waals surface area contributed by atoms with E-state index in [-0.39, 0.29) is 19.1 Å². The van der Waals surface area contributed by atoms with E-state index >= 15 is 0 Å². The second kappa shape index (κ2) is 53.5. The van der Waals surface area contributed by atoms with Gasteiger partial charge in [0.1, 0.15) is 13.2 Å². The molecule has 420 valence electrons. The number of nitrogens with one attached hydrogen (secondary N) is 1. The van der Waals surface area contributed by atoms with Crippen LogP contribution >= 0.6 is 7.82 Å². The summed E-state index contributed by atoms with van der Waals surface area (Å²) in [4.78, 5) is 23.3. The molecular weight excluding hydrogens is 900 g/mol. The molecule has 0 aromatic rings. The lowest BCUT2D eigenvalue weighted by molar-refractivity contribution is -0.870. The van der Waals surface area contributed by atoms with E-state index in [1.54, 1.807) is 6.08 Å². The van der Waals surface area contributed by atoms with Gasteiger partial charge in [-0.25, -0.2) is 4.57 Å². The summed E-state index contributed by atoms with van der Waals surface area (Å²) in [5.74, 6) is -0.184. The number of hydrogen-bond donors (Lipinski definition) is 3. The van der Waals surface area contributed by atoms with Gasteiger partial charge in [-0.3, -0.25) is 13.8 Å². The number of rotatable bonds is 57. The number of phosphoric ester groups is 1. The van der Waals surface area contributed by atoms with E-state index < -0.39 is 20.0 Å². The van der Waals surface area contributed by atoms with Gasteiger partial charge < -0.3 is 19.8 Å². The summed E-state index contributed by atoms with van der Waals surface area (Å²) in [6.07, 6.45) is 69.8. The van der Waals surface area contributed by atoms with Gasteiger partial charge in [0.05, 0.1) is 39.9 Å². The van der Waals surface area contributed by atoms with E-state index in [0.29, 0.717) is 17.4 Å². The third-order valence-corrected chi connectivity index (χ3v) is 15.1. The molecule has 0 aliphatic heterocycles. The quantitative estimate of drug-likeness (QED) is 0.0243. The number of aliphatic hydroxyl groups excluding tert-OH is 1. The molecule has 0 aliphatic rings. The van der Waals surface area contributed by atoms with Crippen molar-refractivity contribution < 1.29 is 32.9 Å². The van der Waals surface area contributed by atoms with E-state index in [1.165, 1.54) is 244 Å². The van der Waals surface area contributed by atoms with Gasteiger partial charge in [-0.2, -0.15) is 0 Å². The Hall–Kier alpha value is -1.28. The van der Waals surface area contributed by atoms with E-state index in [0.717, 1.165) is 38.5 Å². The second-order valence-electron chi connectivity index (χ2n) is 22.4. The van der Waals surface area contributed by atoms with Crippen LogP contribution in [0.1, 0.15) is 303 Å². The number of hydrogen-bond acceptors (Lipinski definition) is 5. The zero-order chi connectivity index (χ0) is 52.0. The average molecular weight is 1020 g/mol. The molecular formula is C62H122N2O6P+. The van der Waals surface area contributed by atoms with Crippen molar-refractivity contribution in [1.29, 1.82) is 0 Å². The van der Waals surface area contributed by atoms with Crippen LogP contribution < -0.4 is 5.32 Å². The molecule has 0 bridgehead atoms. The van der Waals surface area contributed by atoms with Crippen LogP contribution in [0, 0.1) is 0 Å². The third kappa shape index (κ3) is 56.3. The van der Waals surface area contributed by atoms with Crippen LogP contribution in [-0.4, -0.2) is 73.4 Å². The first kappa shape index (κ1) is 69.7. The Bertz CT molecular complexity index is 1250. The van der Waals surface area contributed by atoms with Crippen molar-refractivity contribution in [2.75, 3.05) is 40.9 Å². The van der Waals surface area contributed by atoms with Crippen LogP contribution in [0.4, 0.5) is 0 Å². The monoisotopic (exact) mass is 1020 g/mol. The number of phosphoric acid groups is 1. The minimum atomic E-state index is -4.36. The maximum Gasteiger partial charge on any atom is 0.472 e. The fraction of sp³-hybridized carbons (Fsp3) is 0.887. The summed E-state index contributed by atoms with van der Waals surface area (Å²) in [6, 6.07) is -0.864. The Morgan fingerprint density at radius 3 is 1.13 bits per heavy atom. The Balaban J connectivity index is 4.19. The molecule has 0 heterocycles. The highest BCUT2D eigenvalue weighted by Crippen LogP contribution is 2.43. The van der Waals surface area contributed by atoms with Crippen LogP contribution in [0.2, 0.25) is 0 Å². The summed E-state index contributed by atoms with van der Waals surface area (Å²) in [5.41, 5.74) is 0. The van der Waals surface area contributed by atoms with E-state index in [1.807, 2.05) is 27.2 Å². The molecule has 0 fully saturated rings. The van der Waals surface area contributed by atoms with Gasteiger partial charge in [-0.15, -0.1) is 0 Å². The minimum absolute atomic E-state index is 0.0568. The largest absolute Gasteiger partial charge is 0.472 e. The number of carbonyl (C=O) groups excluding carboxylic acids is 1. The highest BCUT2D eigenvalue weighted by molar-refractivity contribution is 7.47. The molecule has 0 saturated heterocycles. The van der Waals surface area contributed by atoms with E-state index in [9.17, 15) is 19.4 Å². The van der Waals surface area contributed by atoms with E-state index in [4.69, 9.17) is 9.05 Å². The number of likely N-dealkylation sites (N-methyl/N-ethyl adjacent to an activating group) is 1. The second-order valence-corrected chi connectivity index (χ2v) is 23.9. The molecule has 1 amide bonds. The molecule has 0 aromatic carbocycles. The number of carbonyl (C=O) groups is 1. The molecule has 3 atom stereocenters. The molecule has 71 heavy (non-hydrogen) atoms. The maximum atomic E-state index is 13.0. The molecule has 0 saturated carbocycles. The van der Waals surface area contributed by atoms with Crippen molar-refractivity contribution in [3.8, 4) is 0 Å². The number of amides is 1. The lowest BCUT2D eigenvalue weighted by atomic mass is 10.0. The van der Waals surface area contributed by atoms with Crippen molar-refractivity contribution in [3.05, 3.63) is 36.5 Å². The van der Waals surface area contributed by atoms with Crippen LogP contribution in [0.5, 0.6) is 0 Å². The van der Waals surface area contributed by atoms with Gasteiger partial charge in [-0.1, -0.05) is 275 Å². The Morgan fingerprint density at radius 2 is 0.775 bits per heavy atom. The number of nitrogens with zero attached hydrogens (tertiary/aromatic N) is 1. The summed E-state index contributed by atoms with van der Waals surface area (Å²) in [5, 5.41) is 13.9. The fourth-order valence-electron chi connectivity index (χ4n) is 9.23. The zero-order valence-corrected chi connectivity index (χ0v) is 48.9. The Morgan fingerprint density at radius 1 is 0.465 bits per heavy atom. The van der Waals surface area contributed by atoms with Crippen molar-refractivity contribution in [2.45, 2.75) is 315 Å². The number of allylic oxidation sites excluding steroid dienone is 5. The van der Waals surface area contributed by atoms with Crippen LogP contribution in [0.15, 0.2) is 36.5 Å². The minimum Gasteiger partial charge on any atom is -0.387 e. The van der Waals surface area contributed by atoms with Crippen molar-refractivity contribution >= 4 is 13.7 Å². The smallest absolute Gasteiger partial charge is 0.387 e. The van der Waals surface area contributed by atoms with Crippen molar-refractivity contribution in [1.82, 2.24) is 5.32 Å². The normalized spacial score (nSPS) is 14.1. The molecule has 0 spiro atoms. The third-order valence-electron chi connectivity index (χ3n) is 14.1. The maximum absolute atomic E-state index is 13.0.